The molecule has 1 aliphatic rings. The molecule has 5 nitrogen and oxygen atoms in total. The van der Waals surface area contributed by atoms with E-state index in [2.05, 4.69) is 37.2 Å². The number of benzene rings is 1. The predicted molar refractivity (Wildman–Crippen MR) is 106 cm³/mol. The van der Waals surface area contributed by atoms with Gasteiger partial charge in [-0.3, -0.25) is 19.8 Å². The first-order valence-corrected chi connectivity index (χ1v) is 9.21. The van der Waals surface area contributed by atoms with Crippen LogP contribution in [0.3, 0.4) is 0 Å². The van der Waals surface area contributed by atoms with Crippen molar-refractivity contribution in [1.82, 2.24) is 5.32 Å². The maximum Gasteiger partial charge on any atom is 0.270 e. The highest BCUT2D eigenvalue weighted by molar-refractivity contribution is 9.13. The van der Waals surface area contributed by atoms with Gasteiger partial charge in [-0.2, -0.15) is 0 Å². The molecule has 8 heteroatoms. The molecule has 2 heterocycles. The van der Waals surface area contributed by atoms with Gasteiger partial charge in [-0.15, -0.1) is 0 Å². The average molecular weight is 484 g/mol. The number of halogens is 2. The Morgan fingerprint density at radius 2 is 1.88 bits per heavy atom. The Hall–Kier alpha value is -1.77. The standard InChI is InChI=1S/C17H12Br2N2O3S/c1-8-3-4-10(5-9(8)2)21-16(23)12(15(22)20-17(21)25)6-11-7-13(18)14(19)24-11/h3-7H,1-2H3,(H,20,22,25)/b12-6+. The number of hydrogen-bond donors (Lipinski definition) is 1. The first-order valence-electron chi connectivity index (χ1n) is 7.21. The van der Waals surface area contributed by atoms with Crippen LogP contribution in [0.25, 0.3) is 6.08 Å². The molecule has 128 valence electrons. The third-order valence-corrected chi connectivity index (χ3v) is 5.80. The molecule has 1 aromatic carbocycles. The SMILES string of the molecule is Cc1ccc(N2C(=O)/C(=C/c3cc(Br)c(Br)o3)C(=O)NC2=S)cc1C. The number of nitrogens with one attached hydrogen (secondary N) is 1. The number of furan rings is 1. The molecule has 0 aliphatic carbocycles. The van der Waals surface area contributed by atoms with Crippen molar-refractivity contribution in [2.75, 3.05) is 4.90 Å². The quantitative estimate of drug-likeness (QED) is 0.394. The van der Waals surface area contributed by atoms with Crippen molar-refractivity contribution in [2.24, 2.45) is 0 Å². The molecule has 1 saturated heterocycles. The predicted octanol–water partition coefficient (Wildman–Crippen LogP) is 4.25. The van der Waals surface area contributed by atoms with Gasteiger partial charge in [-0.1, -0.05) is 6.07 Å². The molecule has 0 unspecified atom stereocenters. The summed E-state index contributed by atoms with van der Waals surface area (Å²) >= 11 is 11.7. The van der Waals surface area contributed by atoms with E-state index in [0.717, 1.165) is 11.1 Å². The fraction of sp³-hybridized carbons (Fsp3) is 0.118. The topological polar surface area (TPSA) is 62.6 Å². The van der Waals surface area contributed by atoms with Crippen LogP contribution in [0.1, 0.15) is 16.9 Å². The van der Waals surface area contributed by atoms with Gasteiger partial charge in [-0.05, 0) is 93.3 Å². The summed E-state index contributed by atoms with van der Waals surface area (Å²) in [6, 6.07) is 7.21. The molecule has 1 N–H and O–H groups in total. The molecule has 0 spiro atoms. The van der Waals surface area contributed by atoms with Gasteiger partial charge in [0, 0.05) is 0 Å². The van der Waals surface area contributed by atoms with E-state index in [4.69, 9.17) is 16.6 Å². The highest BCUT2D eigenvalue weighted by Crippen LogP contribution is 2.29. The highest BCUT2D eigenvalue weighted by Gasteiger charge is 2.34. The molecule has 0 bridgehead atoms. The number of rotatable bonds is 2. The largest absolute Gasteiger partial charge is 0.449 e. The van der Waals surface area contributed by atoms with E-state index in [-0.39, 0.29) is 10.7 Å². The number of carbonyl (C=O) groups is 2. The van der Waals surface area contributed by atoms with Gasteiger partial charge in [0.1, 0.15) is 11.3 Å². The molecule has 2 aromatic rings. The second-order valence-corrected chi connectivity index (χ2v) is 7.46. The summed E-state index contributed by atoms with van der Waals surface area (Å²) in [6.07, 6.45) is 1.39. The van der Waals surface area contributed by atoms with Gasteiger partial charge in [0.2, 0.25) is 0 Å². The van der Waals surface area contributed by atoms with E-state index in [0.29, 0.717) is 20.6 Å². The smallest absolute Gasteiger partial charge is 0.270 e. The summed E-state index contributed by atoms with van der Waals surface area (Å²) in [5.41, 5.74) is 2.67. The molecular formula is C17H12Br2N2O3S. The van der Waals surface area contributed by atoms with E-state index < -0.39 is 11.8 Å². The van der Waals surface area contributed by atoms with Crippen molar-refractivity contribution in [2.45, 2.75) is 13.8 Å². The molecule has 1 aromatic heterocycles. The minimum absolute atomic E-state index is 0.0530. The molecule has 25 heavy (non-hydrogen) atoms. The molecule has 0 atom stereocenters. The van der Waals surface area contributed by atoms with E-state index in [1.54, 1.807) is 12.1 Å². The normalized spacial score (nSPS) is 16.6. The Bertz CT molecular complexity index is 930. The highest BCUT2D eigenvalue weighted by atomic mass is 79.9. The number of hydrogen-bond acceptors (Lipinski definition) is 4. The van der Waals surface area contributed by atoms with Gasteiger partial charge in [0.15, 0.2) is 9.78 Å². The lowest BCUT2D eigenvalue weighted by atomic mass is 10.1. The minimum Gasteiger partial charge on any atom is -0.449 e. The first kappa shape index (κ1) is 18.0. The zero-order chi connectivity index (χ0) is 18.3. The van der Waals surface area contributed by atoms with Crippen molar-refractivity contribution >= 4 is 72.8 Å². The van der Waals surface area contributed by atoms with E-state index in [9.17, 15) is 9.59 Å². The van der Waals surface area contributed by atoms with Crippen molar-refractivity contribution in [1.29, 1.82) is 0 Å². The van der Waals surface area contributed by atoms with Gasteiger partial charge >= 0.3 is 0 Å². The molecular weight excluding hydrogens is 472 g/mol. The number of thiocarbonyl (C=S) groups is 1. The molecule has 3 rings (SSSR count). The second kappa shape index (κ2) is 6.86. The zero-order valence-corrected chi connectivity index (χ0v) is 17.2. The number of nitrogens with zero attached hydrogens (tertiary/aromatic N) is 1. The lowest BCUT2D eigenvalue weighted by Gasteiger charge is -2.29. The van der Waals surface area contributed by atoms with E-state index >= 15 is 0 Å². The lowest BCUT2D eigenvalue weighted by molar-refractivity contribution is -0.122. The number of anilines is 1. The van der Waals surface area contributed by atoms with Crippen LogP contribution in [0.15, 0.2) is 43.4 Å². The van der Waals surface area contributed by atoms with Gasteiger partial charge < -0.3 is 4.42 Å². The van der Waals surface area contributed by atoms with Gasteiger partial charge in [0.05, 0.1) is 10.2 Å². The van der Waals surface area contributed by atoms with Crippen molar-refractivity contribution in [3.8, 4) is 0 Å². The second-order valence-electron chi connectivity index (χ2n) is 5.50. The van der Waals surface area contributed by atoms with Crippen LogP contribution in [-0.2, 0) is 9.59 Å². The van der Waals surface area contributed by atoms with Crippen LogP contribution in [-0.4, -0.2) is 16.9 Å². The van der Waals surface area contributed by atoms with Crippen LogP contribution < -0.4 is 10.2 Å². The fourth-order valence-corrected chi connectivity index (χ4v) is 3.22. The van der Waals surface area contributed by atoms with Crippen LogP contribution >= 0.6 is 44.1 Å². The minimum atomic E-state index is -0.557. The summed E-state index contributed by atoms with van der Waals surface area (Å²) in [5, 5.41) is 2.60. The maximum atomic E-state index is 12.9. The lowest BCUT2D eigenvalue weighted by Crippen LogP contribution is -2.54. The monoisotopic (exact) mass is 482 g/mol. The summed E-state index contributed by atoms with van der Waals surface area (Å²) in [5.74, 6) is -0.690. The first-order chi connectivity index (χ1) is 11.8. The van der Waals surface area contributed by atoms with Crippen molar-refractivity contribution < 1.29 is 14.0 Å². The third kappa shape index (κ3) is 3.47. The Labute approximate surface area is 166 Å². The summed E-state index contributed by atoms with van der Waals surface area (Å²) < 4.78 is 6.59. The third-order valence-electron chi connectivity index (χ3n) is 3.80. The zero-order valence-electron chi connectivity index (χ0n) is 13.2. The Morgan fingerprint density at radius 1 is 1.16 bits per heavy atom. The van der Waals surface area contributed by atoms with Crippen molar-refractivity contribution in [3.05, 3.63) is 55.9 Å². The van der Waals surface area contributed by atoms with E-state index in [1.165, 1.54) is 11.0 Å². The number of carbonyl (C=O) groups excluding carboxylic acids is 2. The number of aryl methyl sites for hydroxylation is 2. The van der Waals surface area contributed by atoms with Crippen LogP contribution in [0.5, 0.6) is 0 Å². The fourth-order valence-electron chi connectivity index (χ4n) is 2.33. The van der Waals surface area contributed by atoms with Gasteiger partial charge in [-0.25, -0.2) is 0 Å². The molecule has 1 aliphatic heterocycles. The Morgan fingerprint density at radius 3 is 2.48 bits per heavy atom. The molecule has 0 saturated carbocycles. The Kier molecular flexibility index (Phi) is 4.95. The van der Waals surface area contributed by atoms with Crippen LogP contribution in [0.2, 0.25) is 0 Å². The van der Waals surface area contributed by atoms with Crippen molar-refractivity contribution in [3.63, 3.8) is 0 Å². The van der Waals surface area contributed by atoms with Crippen LogP contribution in [0, 0.1) is 13.8 Å². The average Bonchev–Trinajstić information content (AvgIpc) is 2.85. The summed E-state index contributed by atoms with van der Waals surface area (Å²) in [4.78, 5) is 26.4. The molecule has 0 radical (unpaired) electrons. The van der Waals surface area contributed by atoms with Gasteiger partial charge in [0.25, 0.3) is 11.8 Å². The molecule has 1 fully saturated rings. The van der Waals surface area contributed by atoms with E-state index in [1.807, 2.05) is 26.0 Å². The van der Waals surface area contributed by atoms with Crippen LogP contribution in [0.4, 0.5) is 5.69 Å². The summed E-state index contributed by atoms with van der Waals surface area (Å²) in [7, 11) is 0. The Balaban J connectivity index is 2.03. The summed E-state index contributed by atoms with van der Waals surface area (Å²) in [6.45, 7) is 3.93. The maximum absolute atomic E-state index is 12.9. The molecule has 2 amide bonds. The number of amides is 2.